The van der Waals surface area contributed by atoms with Gasteiger partial charge in [0.15, 0.2) is 11.7 Å². The number of nitrogens with zero attached hydrogens (tertiary/aromatic N) is 2. The van der Waals surface area contributed by atoms with Crippen LogP contribution in [0.2, 0.25) is 0 Å². The van der Waals surface area contributed by atoms with Crippen molar-refractivity contribution in [3.8, 4) is 0 Å². The van der Waals surface area contributed by atoms with Gasteiger partial charge in [0.1, 0.15) is 5.01 Å². The highest BCUT2D eigenvalue weighted by molar-refractivity contribution is 14.0. The van der Waals surface area contributed by atoms with E-state index in [4.69, 9.17) is 0 Å². The summed E-state index contributed by atoms with van der Waals surface area (Å²) < 4.78 is 37.9. The van der Waals surface area contributed by atoms with Crippen LogP contribution in [0.15, 0.2) is 45.6 Å². The zero-order valence-electron chi connectivity index (χ0n) is 14.5. The van der Waals surface area contributed by atoms with E-state index in [9.17, 15) is 13.2 Å². The molecular formula is C17H20F3IN4S2. The van der Waals surface area contributed by atoms with Crippen molar-refractivity contribution >= 4 is 53.0 Å². The Bertz CT molecular complexity index is 761. The third kappa shape index (κ3) is 6.53. The number of rotatable bonds is 6. The van der Waals surface area contributed by atoms with E-state index in [1.165, 1.54) is 4.90 Å². The number of aromatic nitrogens is 1. The largest absolute Gasteiger partial charge is 0.434 e. The first-order chi connectivity index (χ1) is 12.4. The van der Waals surface area contributed by atoms with Gasteiger partial charge in [-0.2, -0.15) is 13.2 Å². The Morgan fingerprint density at radius 1 is 1.26 bits per heavy atom. The highest BCUT2D eigenvalue weighted by atomic mass is 127. The molecule has 1 fully saturated rings. The van der Waals surface area contributed by atoms with E-state index in [-0.39, 0.29) is 35.3 Å². The predicted molar refractivity (Wildman–Crippen MR) is 115 cm³/mol. The second-order valence-corrected chi connectivity index (χ2v) is 8.49. The van der Waals surface area contributed by atoms with Crippen LogP contribution < -0.4 is 10.6 Å². The third-order valence-corrected chi connectivity index (χ3v) is 6.28. The van der Waals surface area contributed by atoms with E-state index in [0.29, 0.717) is 11.0 Å². The third-order valence-electron chi connectivity index (χ3n) is 3.94. The van der Waals surface area contributed by atoms with Gasteiger partial charge in [0.25, 0.3) is 0 Å². The predicted octanol–water partition coefficient (Wildman–Crippen LogP) is 4.77. The molecule has 1 aliphatic carbocycles. The van der Waals surface area contributed by atoms with E-state index in [2.05, 4.69) is 32.7 Å². The molecule has 2 aromatic rings. The number of thiazole rings is 1. The molecule has 1 aliphatic rings. The Hall–Kier alpha value is -1.01. The summed E-state index contributed by atoms with van der Waals surface area (Å²) in [5.41, 5.74) is -0.849. The van der Waals surface area contributed by atoms with E-state index >= 15 is 0 Å². The number of hydrogen-bond donors (Lipinski definition) is 2. The number of alkyl halides is 3. The van der Waals surface area contributed by atoms with Crippen molar-refractivity contribution in [3.05, 3.63) is 46.4 Å². The summed E-state index contributed by atoms with van der Waals surface area (Å²) >= 11 is 2.84. The van der Waals surface area contributed by atoms with Crippen molar-refractivity contribution in [2.75, 3.05) is 13.6 Å². The Balaban J connectivity index is 0.00000261. The Morgan fingerprint density at radius 2 is 1.96 bits per heavy atom. The molecule has 0 aliphatic heterocycles. The first-order valence-electron chi connectivity index (χ1n) is 8.10. The zero-order chi connectivity index (χ0) is 18.6. The van der Waals surface area contributed by atoms with Gasteiger partial charge in [0, 0.05) is 28.6 Å². The van der Waals surface area contributed by atoms with Crippen LogP contribution in [0.25, 0.3) is 0 Å². The van der Waals surface area contributed by atoms with Gasteiger partial charge in [-0.25, -0.2) is 4.98 Å². The topological polar surface area (TPSA) is 49.3 Å². The van der Waals surface area contributed by atoms with Gasteiger partial charge < -0.3 is 10.6 Å². The summed E-state index contributed by atoms with van der Waals surface area (Å²) in [5.74, 6) is 0.564. The molecule has 0 bridgehead atoms. The van der Waals surface area contributed by atoms with E-state index in [1.807, 2.05) is 30.0 Å². The van der Waals surface area contributed by atoms with Crippen LogP contribution in [0.3, 0.4) is 0 Å². The van der Waals surface area contributed by atoms with Gasteiger partial charge in [0.2, 0.25) is 0 Å². The number of benzene rings is 1. The van der Waals surface area contributed by atoms with Crippen molar-refractivity contribution in [3.63, 3.8) is 0 Å². The first-order valence-corrected chi connectivity index (χ1v) is 9.80. The summed E-state index contributed by atoms with van der Waals surface area (Å²) in [5, 5.41) is 7.70. The van der Waals surface area contributed by atoms with Crippen LogP contribution in [-0.2, 0) is 12.7 Å². The molecule has 0 saturated heterocycles. The van der Waals surface area contributed by atoms with Gasteiger partial charge >= 0.3 is 6.18 Å². The standard InChI is InChI=1S/C17H19F3N4S2.HI/c1-21-15(22-9-14-24-13(10-25-14)17(18,19)20)23-11-16(7-8-16)26-12-5-3-2-4-6-12;/h2-6,10H,7-9,11H2,1H3,(H2,21,22,23);1H. The molecule has 148 valence electrons. The molecule has 0 amide bonds. The zero-order valence-corrected chi connectivity index (χ0v) is 18.5. The molecule has 1 saturated carbocycles. The molecule has 1 aromatic carbocycles. The van der Waals surface area contributed by atoms with Crippen molar-refractivity contribution < 1.29 is 13.2 Å². The Morgan fingerprint density at radius 3 is 2.52 bits per heavy atom. The summed E-state index contributed by atoms with van der Waals surface area (Å²) in [6.45, 7) is 0.956. The van der Waals surface area contributed by atoms with Gasteiger partial charge in [0.05, 0.1) is 6.54 Å². The number of guanidine groups is 1. The van der Waals surface area contributed by atoms with Crippen molar-refractivity contribution in [1.29, 1.82) is 0 Å². The minimum absolute atomic E-state index is 0. The molecule has 3 rings (SSSR count). The summed E-state index contributed by atoms with van der Waals surface area (Å²) in [6.07, 6.45) is -2.16. The number of halogens is 4. The molecule has 27 heavy (non-hydrogen) atoms. The van der Waals surface area contributed by atoms with E-state index in [1.54, 1.807) is 7.05 Å². The maximum atomic E-state index is 12.6. The lowest BCUT2D eigenvalue weighted by Crippen LogP contribution is -2.40. The summed E-state index contributed by atoms with van der Waals surface area (Å²) in [6, 6.07) is 10.2. The average Bonchev–Trinajstić information content (AvgIpc) is 3.18. The quantitative estimate of drug-likeness (QED) is 0.322. The molecule has 2 N–H and O–H groups in total. The van der Waals surface area contributed by atoms with Crippen LogP contribution in [-0.4, -0.2) is 29.3 Å². The molecule has 0 radical (unpaired) electrons. The molecule has 10 heteroatoms. The Kier molecular flexibility index (Phi) is 7.81. The second-order valence-electron chi connectivity index (χ2n) is 6.00. The highest BCUT2D eigenvalue weighted by Crippen LogP contribution is 2.51. The van der Waals surface area contributed by atoms with Gasteiger partial charge in [-0.1, -0.05) is 18.2 Å². The average molecular weight is 528 g/mol. The van der Waals surface area contributed by atoms with Crippen LogP contribution in [0.5, 0.6) is 0 Å². The molecule has 1 heterocycles. The molecule has 0 spiro atoms. The van der Waals surface area contributed by atoms with E-state index in [0.717, 1.165) is 36.1 Å². The van der Waals surface area contributed by atoms with Crippen LogP contribution >= 0.6 is 47.1 Å². The Labute approximate surface area is 181 Å². The SMILES string of the molecule is CN=C(NCc1nc(C(F)(F)F)cs1)NCC1(Sc2ccccc2)CC1.I. The fraction of sp³-hybridized carbons (Fsp3) is 0.412. The highest BCUT2D eigenvalue weighted by Gasteiger charge is 2.43. The number of nitrogens with one attached hydrogen (secondary N) is 2. The maximum absolute atomic E-state index is 12.6. The molecule has 4 nitrogen and oxygen atoms in total. The fourth-order valence-corrected chi connectivity index (χ4v) is 4.32. The summed E-state index contributed by atoms with van der Waals surface area (Å²) in [4.78, 5) is 8.98. The van der Waals surface area contributed by atoms with Crippen molar-refractivity contribution in [1.82, 2.24) is 15.6 Å². The number of thioether (sulfide) groups is 1. The summed E-state index contributed by atoms with van der Waals surface area (Å²) in [7, 11) is 1.64. The molecule has 0 atom stereocenters. The number of hydrogen-bond acceptors (Lipinski definition) is 4. The lowest BCUT2D eigenvalue weighted by Gasteiger charge is -2.18. The minimum Gasteiger partial charge on any atom is -0.355 e. The lowest BCUT2D eigenvalue weighted by molar-refractivity contribution is -0.140. The van der Waals surface area contributed by atoms with Gasteiger partial charge in [-0.3, -0.25) is 4.99 Å². The van der Waals surface area contributed by atoms with Crippen LogP contribution in [0.1, 0.15) is 23.5 Å². The van der Waals surface area contributed by atoms with Crippen LogP contribution in [0, 0.1) is 0 Å². The fourth-order valence-electron chi connectivity index (χ4n) is 2.34. The number of aliphatic imine (C=N–C) groups is 1. The monoisotopic (exact) mass is 528 g/mol. The van der Waals surface area contributed by atoms with E-state index < -0.39 is 11.9 Å². The van der Waals surface area contributed by atoms with Crippen molar-refractivity contribution in [2.24, 2.45) is 4.99 Å². The lowest BCUT2D eigenvalue weighted by atomic mass is 10.4. The van der Waals surface area contributed by atoms with Crippen LogP contribution in [0.4, 0.5) is 13.2 Å². The van der Waals surface area contributed by atoms with Gasteiger partial charge in [-0.15, -0.1) is 47.1 Å². The normalized spacial score (nSPS) is 15.8. The minimum atomic E-state index is -4.40. The second kappa shape index (κ2) is 9.46. The molecule has 1 aromatic heterocycles. The maximum Gasteiger partial charge on any atom is 0.434 e. The molecular weight excluding hydrogens is 508 g/mol. The van der Waals surface area contributed by atoms with Crippen molar-refractivity contribution in [2.45, 2.75) is 35.2 Å². The first kappa shape index (κ1) is 22.3. The van der Waals surface area contributed by atoms with Gasteiger partial charge in [-0.05, 0) is 25.0 Å². The molecule has 0 unspecified atom stereocenters. The smallest absolute Gasteiger partial charge is 0.355 e.